The first kappa shape index (κ1) is 19.2. The van der Waals surface area contributed by atoms with Gasteiger partial charge in [-0.3, -0.25) is 9.59 Å². The molecule has 3 aromatic carbocycles. The fourth-order valence-corrected chi connectivity index (χ4v) is 3.41. The van der Waals surface area contributed by atoms with Gasteiger partial charge in [0.25, 0.3) is 0 Å². The Kier molecular flexibility index (Phi) is 5.44. The smallest absolute Gasteiger partial charge is 0.229 e. The maximum Gasteiger partial charge on any atom is 0.229 e. The molecule has 0 radical (unpaired) electrons. The van der Waals surface area contributed by atoms with Crippen LogP contribution in [0.3, 0.4) is 0 Å². The van der Waals surface area contributed by atoms with Gasteiger partial charge in [-0.15, -0.1) is 0 Å². The van der Waals surface area contributed by atoms with Crippen molar-refractivity contribution >= 4 is 23.2 Å². The number of carbonyl (C=O) groups is 2. The zero-order valence-electron chi connectivity index (χ0n) is 16.1. The largest absolute Gasteiger partial charge is 0.455 e. The summed E-state index contributed by atoms with van der Waals surface area (Å²) in [5, 5.41) is 11.8. The van der Waals surface area contributed by atoms with Gasteiger partial charge in [-0.25, -0.2) is 0 Å². The van der Waals surface area contributed by atoms with E-state index in [1.54, 1.807) is 35.2 Å². The highest BCUT2D eigenvalue weighted by Gasteiger charge is 2.36. The van der Waals surface area contributed by atoms with Crippen LogP contribution in [0.15, 0.2) is 78.9 Å². The quantitative estimate of drug-likeness (QED) is 0.694. The van der Waals surface area contributed by atoms with Crippen molar-refractivity contribution in [2.45, 2.75) is 6.42 Å². The van der Waals surface area contributed by atoms with Crippen LogP contribution in [-0.4, -0.2) is 18.4 Å². The number of rotatable bonds is 5. The van der Waals surface area contributed by atoms with E-state index in [4.69, 9.17) is 10.00 Å². The first-order chi connectivity index (χ1) is 14.6. The Morgan fingerprint density at radius 1 is 1.03 bits per heavy atom. The number of nitrogens with one attached hydrogen (secondary N) is 1. The molecule has 6 heteroatoms. The van der Waals surface area contributed by atoms with Gasteiger partial charge in [0.15, 0.2) is 5.75 Å². The van der Waals surface area contributed by atoms with Crippen LogP contribution in [0.5, 0.6) is 11.5 Å². The van der Waals surface area contributed by atoms with Crippen LogP contribution in [0.4, 0.5) is 11.4 Å². The van der Waals surface area contributed by atoms with Crippen molar-refractivity contribution in [2.75, 3.05) is 16.8 Å². The van der Waals surface area contributed by atoms with Crippen LogP contribution < -0.4 is 15.0 Å². The van der Waals surface area contributed by atoms with Crippen molar-refractivity contribution in [2.24, 2.45) is 5.92 Å². The summed E-state index contributed by atoms with van der Waals surface area (Å²) < 4.78 is 5.96. The molecule has 1 aliphatic rings. The van der Waals surface area contributed by atoms with Gasteiger partial charge >= 0.3 is 0 Å². The maximum absolute atomic E-state index is 12.7. The lowest BCUT2D eigenvalue weighted by Crippen LogP contribution is -2.28. The molecule has 1 fully saturated rings. The average molecular weight is 397 g/mol. The molecule has 0 saturated carbocycles. The van der Waals surface area contributed by atoms with Crippen LogP contribution in [-0.2, 0) is 9.59 Å². The van der Waals surface area contributed by atoms with Crippen LogP contribution in [0.25, 0.3) is 0 Å². The molecule has 1 saturated heterocycles. The number of hydrogen-bond acceptors (Lipinski definition) is 4. The van der Waals surface area contributed by atoms with Crippen LogP contribution in [0.1, 0.15) is 12.0 Å². The normalized spacial score (nSPS) is 15.5. The standard InChI is InChI=1S/C24H19N3O3/c25-15-17-7-6-8-19(13-17)26-24(29)18-14-23(28)27(16-18)21-11-4-5-12-22(21)30-20-9-2-1-3-10-20/h1-13,18H,14,16H2,(H,26,29). The third-order valence-corrected chi connectivity index (χ3v) is 4.88. The minimum atomic E-state index is -0.493. The molecule has 0 bridgehead atoms. The Hall–Kier alpha value is -4.11. The Morgan fingerprint density at radius 2 is 1.80 bits per heavy atom. The van der Waals surface area contributed by atoms with Gasteiger partial charge in [-0.2, -0.15) is 5.26 Å². The second kappa shape index (κ2) is 8.50. The van der Waals surface area contributed by atoms with E-state index >= 15 is 0 Å². The van der Waals surface area contributed by atoms with Crippen molar-refractivity contribution in [3.05, 3.63) is 84.4 Å². The van der Waals surface area contributed by atoms with Gasteiger partial charge in [0.05, 0.1) is 23.2 Å². The lowest BCUT2D eigenvalue weighted by molar-refractivity contribution is -0.122. The van der Waals surface area contributed by atoms with Gasteiger partial charge in [-0.05, 0) is 42.5 Å². The van der Waals surface area contributed by atoms with Crippen molar-refractivity contribution < 1.29 is 14.3 Å². The molecule has 0 spiro atoms. The summed E-state index contributed by atoms with van der Waals surface area (Å²) in [7, 11) is 0. The van der Waals surface area contributed by atoms with Crippen molar-refractivity contribution in [3.8, 4) is 17.6 Å². The van der Waals surface area contributed by atoms with Gasteiger partial charge in [0, 0.05) is 18.7 Å². The molecule has 6 nitrogen and oxygen atoms in total. The van der Waals surface area contributed by atoms with E-state index < -0.39 is 5.92 Å². The van der Waals surface area contributed by atoms with E-state index in [2.05, 4.69) is 5.32 Å². The highest BCUT2D eigenvalue weighted by molar-refractivity contribution is 6.04. The van der Waals surface area contributed by atoms with Crippen LogP contribution in [0.2, 0.25) is 0 Å². The molecule has 1 heterocycles. The number of carbonyl (C=O) groups excluding carboxylic acids is 2. The first-order valence-electron chi connectivity index (χ1n) is 9.57. The zero-order chi connectivity index (χ0) is 20.9. The van der Waals surface area contributed by atoms with Crippen molar-refractivity contribution in [3.63, 3.8) is 0 Å². The predicted octanol–water partition coefficient (Wildman–Crippen LogP) is 4.34. The number of anilines is 2. The Balaban J connectivity index is 1.50. The van der Waals surface area contributed by atoms with E-state index in [-0.39, 0.29) is 24.8 Å². The van der Waals surface area contributed by atoms with Crippen molar-refractivity contribution in [1.82, 2.24) is 0 Å². The van der Waals surface area contributed by atoms with Gasteiger partial charge in [-0.1, -0.05) is 36.4 Å². The molecule has 4 rings (SSSR count). The molecule has 3 aromatic rings. The third-order valence-electron chi connectivity index (χ3n) is 4.88. The fraction of sp³-hybridized carbons (Fsp3) is 0.125. The highest BCUT2D eigenvalue weighted by Crippen LogP contribution is 2.35. The Bertz CT molecular complexity index is 1120. The third kappa shape index (κ3) is 4.15. The summed E-state index contributed by atoms with van der Waals surface area (Å²) >= 11 is 0. The van der Waals surface area contributed by atoms with E-state index in [0.717, 1.165) is 0 Å². The number of hydrogen-bond donors (Lipinski definition) is 1. The topological polar surface area (TPSA) is 82.4 Å². The molecule has 0 aromatic heterocycles. The lowest BCUT2D eigenvalue weighted by atomic mass is 10.1. The van der Waals surface area contributed by atoms with E-state index in [9.17, 15) is 9.59 Å². The molecule has 2 amide bonds. The minimum Gasteiger partial charge on any atom is -0.455 e. The van der Waals surface area contributed by atoms with Gasteiger partial charge in [0.2, 0.25) is 11.8 Å². The summed E-state index contributed by atoms with van der Waals surface area (Å²) in [4.78, 5) is 27.0. The molecule has 148 valence electrons. The molecule has 0 aliphatic carbocycles. The average Bonchev–Trinajstić information content (AvgIpc) is 3.16. The summed E-state index contributed by atoms with van der Waals surface area (Å²) in [5.74, 6) is 0.351. The lowest BCUT2D eigenvalue weighted by Gasteiger charge is -2.20. The van der Waals surface area contributed by atoms with Gasteiger partial charge in [0.1, 0.15) is 5.75 Å². The monoisotopic (exact) mass is 397 g/mol. The van der Waals surface area contributed by atoms with Crippen LogP contribution in [0, 0.1) is 17.2 Å². The second-order valence-corrected chi connectivity index (χ2v) is 6.97. The van der Waals surface area contributed by atoms with Crippen LogP contribution >= 0.6 is 0 Å². The SMILES string of the molecule is N#Cc1cccc(NC(=O)C2CC(=O)N(c3ccccc3Oc3ccccc3)C2)c1. The molecular formula is C24H19N3O3. The number of nitriles is 1. The maximum atomic E-state index is 12.7. The molecule has 1 unspecified atom stereocenters. The molecular weight excluding hydrogens is 378 g/mol. The molecule has 1 N–H and O–H groups in total. The van der Waals surface area contributed by atoms with Gasteiger partial charge < -0.3 is 15.0 Å². The Morgan fingerprint density at radius 3 is 2.60 bits per heavy atom. The summed E-state index contributed by atoms with van der Waals surface area (Å²) in [6.07, 6.45) is 0.115. The molecule has 1 aliphatic heterocycles. The second-order valence-electron chi connectivity index (χ2n) is 6.97. The summed E-state index contributed by atoms with van der Waals surface area (Å²) in [6.45, 7) is 0.262. The predicted molar refractivity (Wildman–Crippen MR) is 113 cm³/mol. The minimum absolute atomic E-state index is 0.115. The fourth-order valence-electron chi connectivity index (χ4n) is 3.41. The first-order valence-corrected chi connectivity index (χ1v) is 9.57. The number of para-hydroxylation sites is 3. The molecule has 1 atom stereocenters. The molecule has 30 heavy (non-hydrogen) atoms. The Labute approximate surface area is 174 Å². The van der Waals surface area contributed by atoms with Crippen molar-refractivity contribution in [1.29, 1.82) is 5.26 Å². The number of benzene rings is 3. The van der Waals surface area contributed by atoms with E-state index in [1.165, 1.54) is 0 Å². The van der Waals surface area contributed by atoms with E-state index in [1.807, 2.05) is 54.6 Å². The van der Waals surface area contributed by atoms with E-state index in [0.29, 0.717) is 28.4 Å². The summed E-state index contributed by atoms with van der Waals surface area (Å²) in [5.41, 5.74) is 1.63. The number of nitrogens with zero attached hydrogens (tertiary/aromatic N) is 2. The highest BCUT2D eigenvalue weighted by atomic mass is 16.5. The number of amides is 2. The number of ether oxygens (including phenoxy) is 1. The zero-order valence-corrected chi connectivity index (χ0v) is 16.1. The summed E-state index contributed by atoms with van der Waals surface area (Å²) in [6, 6.07) is 25.4.